The summed E-state index contributed by atoms with van der Waals surface area (Å²) >= 11 is 1.58. The van der Waals surface area contributed by atoms with E-state index >= 15 is 0 Å². The van der Waals surface area contributed by atoms with E-state index in [2.05, 4.69) is 14.9 Å². The molecular weight excluding hydrogens is 348 g/mol. The van der Waals surface area contributed by atoms with E-state index < -0.39 is 0 Å². The lowest BCUT2D eigenvalue weighted by atomic mass is 10.2. The highest BCUT2D eigenvalue weighted by atomic mass is 32.2. The molecule has 1 aliphatic rings. The zero-order valence-electron chi connectivity index (χ0n) is 14.1. The minimum atomic E-state index is 0.489. The maximum atomic E-state index is 5.71. The molecule has 0 atom stereocenters. The predicted octanol–water partition coefficient (Wildman–Crippen LogP) is 2.50. The van der Waals surface area contributed by atoms with Crippen LogP contribution < -0.4 is 10.6 Å². The zero-order valence-corrected chi connectivity index (χ0v) is 14.9. The molecule has 0 bridgehead atoms. The SMILES string of the molecule is Nc1ccc(-c2cc(Sc3ccncc3)nc(N3CCOCC3)n2)cn1. The van der Waals surface area contributed by atoms with Crippen molar-refractivity contribution in [2.75, 3.05) is 36.9 Å². The number of pyridine rings is 2. The van der Waals surface area contributed by atoms with E-state index in [0.717, 1.165) is 34.3 Å². The molecule has 0 amide bonds. The summed E-state index contributed by atoms with van der Waals surface area (Å²) in [5.74, 6) is 1.20. The fourth-order valence-electron chi connectivity index (χ4n) is 2.60. The van der Waals surface area contributed by atoms with Gasteiger partial charge >= 0.3 is 0 Å². The van der Waals surface area contributed by atoms with Crippen LogP contribution in [0.4, 0.5) is 11.8 Å². The molecule has 1 aliphatic heterocycles. The smallest absolute Gasteiger partial charge is 0.227 e. The van der Waals surface area contributed by atoms with Crippen molar-refractivity contribution in [1.82, 2.24) is 19.9 Å². The second-order valence-corrected chi connectivity index (χ2v) is 6.84. The Morgan fingerprint density at radius 1 is 1.04 bits per heavy atom. The third kappa shape index (κ3) is 3.92. The van der Waals surface area contributed by atoms with Crippen molar-refractivity contribution in [3.63, 3.8) is 0 Å². The molecule has 8 heteroatoms. The van der Waals surface area contributed by atoms with Gasteiger partial charge in [0.1, 0.15) is 10.8 Å². The molecule has 2 N–H and O–H groups in total. The Kier molecular flexibility index (Phi) is 4.94. The number of rotatable bonds is 4. The molecule has 4 rings (SSSR count). The van der Waals surface area contributed by atoms with Crippen LogP contribution in [0.2, 0.25) is 0 Å². The van der Waals surface area contributed by atoms with E-state index in [0.29, 0.717) is 25.0 Å². The maximum Gasteiger partial charge on any atom is 0.227 e. The van der Waals surface area contributed by atoms with Gasteiger partial charge in [-0.3, -0.25) is 4.98 Å². The van der Waals surface area contributed by atoms with E-state index in [1.54, 1.807) is 36.4 Å². The molecule has 26 heavy (non-hydrogen) atoms. The highest BCUT2D eigenvalue weighted by Gasteiger charge is 2.17. The molecule has 132 valence electrons. The summed E-state index contributed by atoms with van der Waals surface area (Å²) in [6, 6.07) is 9.61. The van der Waals surface area contributed by atoms with Crippen LogP contribution in [0.15, 0.2) is 58.8 Å². The fourth-order valence-corrected chi connectivity index (χ4v) is 3.40. The van der Waals surface area contributed by atoms with Gasteiger partial charge in [-0.1, -0.05) is 11.8 Å². The minimum Gasteiger partial charge on any atom is -0.384 e. The van der Waals surface area contributed by atoms with Crippen LogP contribution in [0.5, 0.6) is 0 Å². The normalized spacial score (nSPS) is 14.4. The van der Waals surface area contributed by atoms with Crippen molar-refractivity contribution in [2.24, 2.45) is 0 Å². The molecule has 4 heterocycles. The van der Waals surface area contributed by atoms with Crippen LogP contribution in [0.3, 0.4) is 0 Å². The van der Waals surface area contributed by atoms with Crippen LogP contribution in [0.1, 0.15) is 0 Å². The third-order valence-corrected chi connectivity index (χ3v) is 4.87. The first-order valence-electron chi connectivity index (χ1n) is 8.29. The molecule has 0 unspecified atom stereocenters. The topological polar surface area (TPSA) is 90.0 Å². The molecule has 0 aromatic carbocycles. The summed E-state index contributed by atoms with van der Waals surface area (Å²) < 4.78 is 5.44. The maximum absolute atomic E-state index is 5.71. The molecule has 1 saturated heterocycles. The van der Waals surface area contributed by atoms with Gasteiger partial charge in [0.15, 0.2) is 0 Å². The second-order valence-electron chi connectivity index (χ2n) is 5.75. The number of anilines is 2. The monoisotopic (exact) mass is 366 g/mol. The van der Waals surface area contributed by atoms with Crippen LogP contribution in [-0.2, 0) is 4.74 Å². The standard InChI is InChI=1S/C18H18N6OS/c19-16-2-1-13(12-21-16)15-11-17(26-14-3-5-20-6-4-14)23-18(22-15)24-7-9-25-10-8-24/h1-6,11-12H,7-10H2,(H2,19,21). The van der Waals surface area contributed by atoms with Gasteiger partial charge in [0.05, 0.1) is 18.9 Å². The second kappa shape index (κ2) is 7.67. The molecule has 1 fully saturated rings. The summed E-state index contributed by atoms with van der Waals surface area (Å²) in [4.78, 5) is 21.0. The van der Waals surface area contributed by atoms with Crippen molar-refractivity contribution < 1.29 is 4.74 Å². The Bertz CT molecular complexity index is 869. The van der Waals surface area contributed by atoms with Crippen LogP contribution in [-0.4, -0.2) is 46.2 Å². The van der Waals surface area contributed by atoms with Crippen molar-refractivity contribution >= 4 is 23.5 Å². The van der Waals surface area contributed by atoms with Gasteiger partial charge in [0.2, 0.25) is 5.95 Å². The number of morpholine rings is 1. The Balaban J connectivity index is 1.72. The number of ether oxygens (including phenoxy) is 1. The summed E-state index contributed by atoms with van der Waals surface area (Å²) in [5, 5.41) is 0.875. The Hall–Kier alpha value is -2.71. The van der Waals surface area contributed by atoms with E-state index in [1.165, 1.54) is 0 Å². The van der Waals surface area contributed by atoms with Gasteiger partial charge in [-0.05, 0) is 30.3 Å². The van der Waals surface area contributed by atoms with Crippen LogP contribution in [0, 0.1) is 0 Å². The molecule has 0 saturated carbocycles. The van der Waals surface area contributed by atoms with Crippen molar-refractivity contribution in [2.45, 2.75) is 9.92 Å². The molecule has 7 nitrogen and oxygen atoms in total. The molecule has 3 aromatic rings. The summed E-state index contributed by atoms with van der Waals surface area (Å²) in [6.07, 6.45) is 5.29. The van der Waals surface area contributed by atoms with Gasteiger partial charge in [0, 0.05) is 42.1 Å². The van der Waals surface area contributed by atoms with Crippen molar-refractivity contribution in [1.29, 1.82) is 0 Å². The first-order valence-corrected chi connectivity index (χ1v) is 9.11. The fraction of sp³-hybridized carbons (Fsp3) is 0.222. The summed E-state index contributed by atoms with van der Waals surface area (Å²) in [5.41, 5.74) is 7.44. The van der Waals surface area contributed by atoms with Crippen LogP contribution in [0.25, 0.3) is 11.3 Å². The average Bonchev–Trinajstić information content (AvgIpc) is 2.70. The number of nitrogens with zero attached hydrogens (tertiary/aromatic N) is 5. The molecular formula is C18H18N6OS. The number of nitrogen functional groups attached to an aromatic ring is 1. The van der Waals surface area contributed by atoms with Gasteiger partial charge in [-0.2, -0.15) is 0 Å². The summed E-state index contributed by atoms with van der Waals surface area (Å²) in [7, 11) is 0. The lowest BCUT2D eigenvalue weighted by molar-refractivity contribution is 0.122. The Labute approximate surface area is 155 Å². The molecule has 0 spiro atoms. The highest BCUT2D eigenvalue weighted by Crippen LogP contribution is 2.30. The highest BCUT2D eigenvalue weighted by molar-refractivity contribution is 7.99. The lowest BCUT2D eigenvalue weighted by Gasteiger charge is -2.27. The van der Waals surface area contributed by atoms with Crippen molar-refractivity contribution in [3.8, 4) is 11.3 Å². The predicted molar refractivity (Wildman–Crippen MR) is 101 cm³/mol. The quantitative estimate of drug-likeness (QED) is 0.705. The first-order chi connectivity index (χ1) is 12.8. The Morgan fingerprint density at radius 3 is 2.58 bits per heavy atom. The molecule has 3 aromatic heterocycles. The third-order valence-electron chi connectivity index (χ3n) is 3.94. The van der Waals surface area contributed by atoms with E-state index in [4.69, 9.17) is 20.4 Å². The molecule has 0 aliphatic carbocycles. The van der Waals surface area contributed by atoms with E-state index in [-0.39, 0.29) is 0 Å². The van der Waals surface area contributed by atoms with E-state index in [1.807, 2.05) is 24.3 Å². The average molecular weight is 366 g/mol. The first kappa shape index (κ1) is 16.7. The van der Waals surface area contributed by atoms with Crippen LogP contribution >= 0.6 is 11.8 Å². The number of nitrogens with two attached hydrogens (primary N) is 1. The number of aromatic nitrogens is 4. The zero-order chi connectivity index (χ0) is 17.8. The Morgan fingerprint density at radius 2 is 1.85 bits per heavy atom. The number of hydrogen-bond acceptors (Lipinski definition) is 8. The van der Waals surface area contributed by atoms with Gasteiger partial charge in [-0.25, -0.2) is 15.0 Å². The largest absolute Gasteiger partial charge is 0.384 e. The lowest BCUT2D eigenvalue weighted by Crippen LogP contribution is -2.37. The van der Waals surface area contributed by atoms with E-state index in [9.17, 15) is 0 Å². The van der Waals surface area contributed by atoms with Crippen molar-refractivity contribution in [3.05, 3.63) is 48.9 Å². The minimum absolute atomic E-state index is 0.489. The molecule has 0 radical (unpaired) electrons. The summed E-state index contributed by atoms with van der Waals surface area (Å²) in [6.45, 7) is 2.93. The van der Waals surface area contributed by atoms with Gasteiger partial charge < -0.3 is 15.4 Å². The number of hydrogen-bond donors (Lipinski definition) is 1. The van der Waals surface area contributed by atoms with Gasteiger partial charge in [-0.15, -0.1) is 0 Å². The van der Waals surface area contributed by atoms with Gasteiger partial charge in [0.25, 0.3) is 0 Å².